The number of nitrogens with zero attached hydrogens (tertiary/aromatic N) is 1. The van der Waals surface area contributed by atoms with Crippen LogP contribution in [0.3, 0.4) is 0 Å². The molecule has 1 saturated heterocycles. The standard InChI is InChI=1S/C22H25NO4/c1-25-17-6-4-14(5-7-17)19-11-16(24)12-20-18-13-22(27-3)21(26-2)10-15(18)8-9-23(19)20/h4-7,10,13,19-20H,8-9,11-12H2,1-3H3/t19-,20-/m1/s1. The van der Waals surface area contributed by atoms with E-state index in [0.29, 0.717) is 18.6 Å². The van der Waals surface area contributed by atoms with E-state index in [4.69, 9.17) is 14.2 Å². The largest absolute Gasteiger partial charge is 0.497 e. The summed E-state index contributed by atoms with van der Waals surface area (Å²) in [6, 6.07) is 12.4. The Hall–Kier alpha value is -2.53. The molecule has 1 fully saturated rings. The quantitative estimate of drug-likeness (QED) is 0.824. The molecular formula is C22H25NO4. The molecule has 0 radical (unpaired) electrons. The SMILES string of the molecule is COc1ccc([C@H]2CC(=O)C[C@@H]3c4cc(OC)c(OC)cc4CCN23)cc1. The third kappa shape index (κ3) is 3.16. The zero-order chi connectivity index (χ0) is 19.0. The lowest BCUT2D eigenvalue weighted by molar-refractivity contribution is -0.126. The number of Topliss-reactive ketones (excluding diaryl/α,β-unsaturated/α-hetero) is 1. The van der Waals surface area contributed by atoms with Gasteiger partial charge in [0.1, 0.15) is 11.5 Å². The summed E-state index contributed by atoms with van der Waals surface area (Å²) in [6.07, 6.45) is 2.05. The topological polar surface area (TPSA) is 48.0 Å². The molecule has 0 amide bonds. The van der Waals surface area contributed by atoms with Gasteiger partial charge < -0.3 is 14.2 Å². The highest BCUT2D eigenvalue weighted by molar-refractivity contribution is 5.81. The lowest BCUT2D eigenvalue weighted by atomic mass is 9.81. The van der Waals surface area contributed by atoms with Gasteiger partial charge in [-0.3, -0.25) is 9.69 Å². The molecule has 2 heterocycles. The summed E-state index contributed by atoms with van der Waals surface area (Å²) in [7, 11) is 4.97. The maximum Gasteiger partial charge on any atom is 0.161 e. The first kappa shape index (κ1) is 17.9. The van der Waals surface area contributed by atoms with E-state index in [9.17, 15) is 4.79 Å². The van der Waals surface area contributed by atoms with Gasteiger partial charge in [0.15, 0.2) is 11.5 Å². The molecule has 142 valence electrons. The average Bonchev–Trinajstić information content (AvgIpc) is 2.72. The van der Waals surface area contributed by atoms with Crippen LogP contribution in [0.4, 0.5) is 0 Å². The summed E-state index contributed by atoms with van der Waals surface area (Å²) < 4.78 is 16.2. The monoisotopic (exact) mass is 367 g/mol. The number of hydrogen-bond donors (Lipinski definition) is 0. The van der Waals surface area contributed by atoms with Gasteiger partial charge in [-0.1, -0.05) is 12.1 Å². The maximum absolute atomic E-state index is 12.6. The van der Waals surface area contributed by atoms with E-state index in [1.54, 1.807) is 21.3 Å². The smallest absolute Gasteiger partial charge is 0.161 e. The van der Waals surface area contributed by atoms with Gasteiger partial charge in [0.2, 0.25) is 0 Å². The van der Waals surface area contributed by atoms with Crippen LogP contribution in [0.1, 0.15) is 41.6 Å². The fourth-order valence-electron chi connectivity index (χ4n) is 4.42. The van der Waals surface area contributed by atoms with E-state index in [-0.39, 0.29) is 12.1 Å². The molecule has 2 aromatic rings. The molecule has 2 aliphatic heterocycles. The number of fused-ring (bicyclic) bond motifs is 3. The van der Waals surface area contributed by atoms with E-state index >= 15 is 0 Å². The van der Waals surface area contributed by atoms with Crippen molar-refractivity contribution < 1.29 is 19.0 Å². The number of piperidine rings is 1. The summed E-state index contributed by atoms with van der Waals surface area (Å²) >= 11 is 0. The van der Waals surface area contributed by atoms with Gasteiger partial charge in [0.05, 0.1) is 21.3 Å². The molecule has 0 aromatic heterocycles. The molecule has 0 unspecified atom stereocenters. The van der Waals surface area contributed by atoms with Crippen LogP contribution in [-0.2, 0) is 11.2 Å². The van der Waals surface area contributed by atoms with Gasteiger partial charge in [0, 0.05) is 31.5 Å². The molecule has 2 aromatic carbocycles. The van der Waals surface area contributed by atoms with Gasteiger partial charge in [-0.25, -0.2) is 0 Å². The van der Waals surface area contributed by atoms with Crippen LogP contribution < -0.4 is 14.2 Å². The highest BCUT2D eigenvalue weighted by Crippen LogP contribution is 2.46. The predicted octanol–water partition coefficient (Wildman–Crippen LogP) is 3.72. The highest BCUT2D eigenvalue weighted by Gasteiger charge is 2.39. The molecule has 0 aliphatic carbocycles. The molecule has 2 aliphatic rings. The fraction of sp³-hybridized carbons (Fsp3) is 0.409. The van der Waals surface area contributed by atoms with E-state index in [1.165, 1.54) is 11.1 Å². The Balaban J connectivity index is 1.72. The number of rotatable bonds is 4. The van der Waals surface area contributed by atoms with Gasteiger partial charge in [-0.05, 0) is 47.4 Å². The molecule has 0 bridgehead atoms. The van der Waals surface area contributed by atoms with E-state index in [2.05, 4.69) is 29.2 Å². The molecule has 2 atom stereocenters. The summed E-state index contributed by atoms with van der Waals surface area (Å²) in [6.45, 7) is 0.928. The Morgan fingerprint density at radius 1 is 0.889 bits per heavy atom. The number of benzene rings is 2. The molecule has 0 N–H and O–H groups in total. The van der Waals surface area contributed by atoms with Crippen molar-refractivity contribution in [2.24, 2.45) is 0 Å². The predicted molar refractivity (Wildman–Crippen MR) is 103 cm³/mol. The van der Waals surface area contributed by atoms with Crippen LogP contribution in [0.2, 0.25) is 0 Å². The minimum absolute atomic E-state index is 0.0851. The van der Waals surface area contributed by atoms with Crippen LogP contribution in [0.25, 0.3) is 0 Å². The van der Waals surface area contributed by atoms with Crippen molar-refractivity contribution in [2.75, 3.05) is 27.9 Å². The van der Waals surface area contributed by atoms with Crippen molar-refractivity contribution in [3.8, 4) is 17.2 Å². The second-order valence-corrected chi connectivity index (χ2v) is 7.15. The number of hydrogen-bond acceptors (Lipinski definition) is 5. The zero-order valence-corrected chi connectivity index (χ0v) is 16.0. The van der Waals surface area contributed by atoms with Gasteiger partial charge in [-0.15, -0.1) is 0 Å². The van der Waals surface area contributed by atoms with E-state index in [1.807, 2.05) is 12.1 Å². The minimum Gasteiger partial charge on any atom is -0.497 e. The molecule has 0 spiro atoms. The van der Waals surface area contributed by atoms with Crippen LogP contribution in [0.5, 0.6) is 17.2 Å². The first-order chi connectivity index (χ1) is 13.1. The molecular weight excluding hydrogens is 342 g/mol. The van der Waals surface area contributed by atoms with Gasteiger partial charge in [-0.2, -0.15) is 0 Å². The Kier molecular flexibility index (Phi) is 4.79. The summed E-state index contributed by atoms with van der Waals surface area (Å²) in [5, 5.41) is 0. The molecule has 4 rings (SSSR count). The molecule has 27 heavy (non-hydrogen) atoms. The first-order valence-corrected chi connectivity index (χ1v) is 9.30. The Labute approximate surface area is 159 Å². The third-order valence-electron chi connectivity index (χ3n) is 5.79. The molecule has 0 saturated carbocycles. The Bertz CT molecular complexity index is 846. The van der Waals surface area contributed by atoms with Crippen LogP contribution >= 0.6 is 0 Å². The number of ketones is 1. The van der Waals surface area contributed by atoms with Crippen LogP contribution in [0.15, 0.2) is 36.4 Å². The number of carbonyl (C=O) groups excluding carboxylic acids is 1. The van der Waals surface area contributed by atoms with Crippen molar-refractivity contribution in [2.45, 2.75) is 31.3 Å². The zero-order valence-electron chi connectivity index (χ0n) is 16.0. The first-order valence-electron chi connectivity index (χ1n) is 9.30. The molecule has 5 heteroatoms. The van der Waals surface area contributed by atoms with Crippen molar-refractivity contribution in [1.82, 2.24) is 4.90 Å². The number of carbonyl (C=O) groups is 1. The Morgan fingerprint density at radius 2 is 1.56 bits per heavy atom. The average molecular weight is 367 g/mol. The molecule has 5 nitrogen and oxygen atoms in total. The summed E-state index contributed by atoms with van der Waals surface area (Å²) in [4.78, 5) is 15.1. The Morgan fingerprint density at radius 3 is 2.22 bits per heavy atom. The second kappa shape index (κ2) is 7.24. The summed E-state index contributed by atoms with van der Waals surface area (Å²) in [5.74, 6) is 2.61. The maximum atomic E-state index is 12.6. The highest BCUT2D eigenvalue weighted by atomic mass is 16.5. The van der Waals surface area contributed by atoms with Crippen molar-refractivity contribution in [3.05, 3.63) is 53.1 Å². The number of methoxy groups -OCH3 is 3. The lowest BCUT2D eigenvalue weighted by Crippen LogP contribution is -2.43. The van der Waals surface area contributed by atoms with Crippen molar-refractivity contribution in [3.63, 3.8) is 0 Å². The van der Waals surface area contributed by atoms with Gasteiger partial charge >= 0.3 is 0 Å². The van der Waals surface area contributed by atoms with Crippen molar-refractivity contribution >= 4 is 5.78 Å². The van der Waals surface area contributed by atoms with E-state index in [0.717, 1.165) is 35.8 Å². The summed E-state index contributed by atoms with van der Waals surface area (Å²) in [5.41, 5.74) is 3.60. The lowest BCUT2D eigenvalue weighted by Gasteiger charge is -2.45. The third-order valence-corrected chi connectivity index (χ3v) is 5.79. The fourth-order valence-corrected chi connectivity index (χ4v) is 4.42. The van der Waals surface area contributed by atoms with E-state index < -0.39 is 0 Å². The van der Waals surface area contributed by atoms with Crippen LogP contribution in [0, 0.1) is 0 Å². The normalized spacial score (nSPS) is 22.0. The van der Waals surface area contributed by atoms with Crippen molar-refractivity contribution in [1.29, 1.82) is 0 Å². The number of ether oxygens (including phenoxy) is 3. The second-order valence-electron chi connectivity index (χ2n) is 7.15. The van der Waals surface area contributed by atoms with Gasteiger partial charge in [0.25, 0.3) is 0 Å². The van der Waals surface area contributed by atoms with Crippen LogP contribution in [-0.4, -0.2) is 38.6 Å². The minimum atomic E-state index is 0.0851.